The molecular weight excluding hydrogens is 618 g/mol. The molecule has 1 aliphatic heterocycles. The average molecular weight is 651 g/mol. The number of rotatable bonds is 5. The summed E-state index contributed by atoms with van der Waals surface area (Å²) in [6, 6.07) is 18.2. The number of halogens is 1. The Bertz CT molecular complexity index is 1900. The summed E-state index contributed by atoms with van der Waals surface area (Å²) in [6.07, 6.45) is 7.79. The van der Waals surface area contributed by atoms with E-state index in [1.165, 1.54) is 55.1 Å². The van der Waals surface area contributed by atoms with Crippen molar-refractivity contribution in [2.75, 3.05) is 10.2 Å². The van der Waals surface area contributed by atoms with Crippen LogP contribution in [-0.4, -0.2) is 16.7 Å². The second kappa shape index (κ2) is 9.73. The summed E-state index contributed by atoms with van der Waals surface area (Å²) in [5, 5.41) is 16.6. The Hall–Kier alpha value is -4.04. The number of nitro groups is 1. The van der Waals surface area contributed by atoms with Crippen molar-refractivity contribution in [1.82, 2.24) is 0 Å². The van der Waals surface area contributed by atoms with Crippen LogP contribution in [0.25, 0.3) is 10.8 Å². The van der Waals surface area contributed by atoms with E-state index in [-0.39, 0.29) is 22.4 Å². The summed E-state index contributed by atoms with van der Waals surface area (Å²) in [6.45, 7) is 3.91. The zero-order valence-electron chi connectivity index (χ0n) is 24.7. The van der Waals surface area contributed by atoms with Crippen LogP contribution in [0.2, 0.25) is 0 Å². The molecular formula is C36H32BrN3O4. The molecule has 4 fully saturated rings. The third-order valence-corrected chi connectivity index (χ3v) is 11.8. The first-order valence-corrected chi connectivity index (χ1v) is 16.2. The molecule has 2 amide bonds. The number of anilines is 3. The van der Waals surface area contributed by atoms with E-state index in [2.05, 4.69) is 33.4 Å². The molecule has 4 aromatic carbocycles. The summed E-state index contributed by atoms with van der Waals surface area (Å²) in [5.41, 5.74) is 5.20. The Balaban J connectivity index is 1.20. The molecule has 4 bridgehead atoms. The molecule has 4 aromatic rings. The van der Waals surface area contributed by atoms with Crippen molar-refractivity contribution < 1.29 is 14.5 Å². The number of carbonyl (C=O) groups excluding carboxylic acids is 2. The summed E-state index contributed by atoms with van der Waals surface area (Å²) in [5.74, 6) is 1.47. The van der Waals surface area contributed by atoms with Crippen molar-refractivity contribution in [2.24, 2.45) is 17.8 Å². The van der Waals surface area contributed by atoms with E-state index in [1.807, 2.05) is 38.1 Å². The highest BCUT2D eigenvalue weighted by molar-refractivity contribution is 9.10. The number of hydrogen-bond donors (Lipinski definition) is 1. The van der Waals surface area contributed by atoms with Crippen LogP contribution in [0.3, 0.4) is 0 Å². The molecule has 0 radical (unpaired) electrons. The molecule has 222 valence electrons. The van der Waals surface area contributed by atoms with Gasteiger partial charge < -0.3 is 5.32 Å². The fourth-order valence-electron chi connectivity index (χ4n) is 9.15. The molecule has 0 unspecified atom stereocenters. The number of nitrogens with one attached hydrogen (secondary N) is 1. The Labute approximate surface area is 263 Å². The maximum Gasteiger partial charge on any atom is 0.294 e. The van der Waals surface area contributed by atoms with Crippen LogP contribution in [0.15, 0.2) is 65.1 Å². The van der Waals surface area contributed by atoms with Crippen LogP contribution >= 0.6 is 15.9 Å². The smallest absolute Gasteiger partial charge is 0.294 e. The normalized spacial score (nSPS) is 25.2. The monoisotopic (exact) mass is 649 g/mol. The van der Waals surface area contributed by atoms with E-state index in [0.29, 0.717) is 27.7 Å². The van der Waals surface area contributed by atoms with Gasteiger partial charge in [-0.3, -0.25) is 19.7 Å². The van der Waals surface area contributed by atoms with E-state index in [4.69, 9.17) is 0 Å². The van der Waals surface area contributed by atoms with E-state index < -0.39 is 16.7 Å². The van der Waals surface area contributed by atoms with Gasteiger partial charge in [0.25, 0.3) is 17.5 Å². The minimum atomic E-state index is -0.549. The van der Waals surface area contributed by atoms with Gasteiger partial charge in [-0.25, -0.2) is 4.90 Å². The maximum absolute atomic E-state index is 14.1. The lowest BCUT2D eigenvalue weighted by atomic mass is 9.48. The number of benzene rings is 4. The standard InChI is InChI=1S/C36H32BrN3O4/c1-19-20(2)30(11-10-29(19)37)38-33-26-4-3-5-27-32(26)28(15-31(33)40(43)44)35(42)39(34(27)41)25-8-6-24(7-9-25)36-16-21-12-22(17-36)14-23(13-21)18-36/h3-11,15,21-23,38H,12-14,16-18H2,1-2H3. The van der Waals surface area contributed by atoms with Crippen LogP contribution in [0.1, 0.15) is 75.9 Å². The van der Waals surface area contributed by atoms with Crippen LogP contribution < -0.4 is 10.2 Å². The van der Waals surface area contributed by atoms with Gasteiger partial charge in [-0.15, -0.1) is 0 Å². The minimum Gasteiger partial charge on any atom is -0.349 e. The molecule has 1 N–H and O–H groups in total. The number of amides is 2. The third kappa shape index (κ3) is 3.99. The molecule has 4 aliphatic carbocycles. The van der Waals surface area contributed by atoms with Crippen molar-refractivity contribution in [1.29, 1.82) is 0 Å². The predicted octanol–water partition coefficient (Wildman–Crippen LogP) is 9.14. The van der Waals surface area contributed by atoms with Gasteiger partial charge in [0.1, 0.15) is 5.69 Å². The van der Waals surface area contributed by atoms with Gasteiger partial charge >= 0.3 is 0 Å². The fraction of sp³-hybridized carbons (Fsp3) is 0.333. The van der Waals surface area contributed by atoms with Gasteiger partial charge in [-0.05, 0) is 123 Å². The zero-order valence-corrected chi connectivity index (χ0v) is 26.2. The number of hydrogen-bond acceptors (Lipinski definition) is 5. The third-order valence-electron chi connectivity index (χ3n) is 11.0. The molecule has 0 spiro atoms. The molecule has 4 saturated carbocycles. The fourth-order valence-corrected chi connectivity index (χ4v) is 9.58. The highest BCUT2D eigenvalue weighted by Crippen LogP contribution is 2.60. The van der Waals surface area contributed by atoms with Gasteiger partial charge in [0, 0.05) is 32.6 Å². The summed E-state index contributed by atoms with van der Waals surface area (Å²) < 4.78 is 0.939. The van der Waals surface area contributed by atoms with Gasteiger partial charge in [0.05, 0.1) is 16.2 Å². The largest absolute Gasteiger partial charge is 0.349 e. The Kier molecular flexibility index (Phi) is 6.08. The van der Waals surface area contributed by atoms with Crippen molar-refractivity contribution in [2.45, 2.75) is 57.8 Å². The molecule has 1 heterocycles. The average Bonchev–Trinajstić information content (AvgIpc) is 3.00. The number of imide groups is 1. The molecule has 7 nitrogen and oxygen atoms in total. The van der Waals surface area contributed by atoms with E-state index >= 15 is 0 Å². The van der Waals surface area contributed by atoms with Gasteiger partial charge in [-0.2, -0.15) is 0 Å². The summed E-state index contributed by atoms with van der Waals surface area (Å²) in [4.78, 5) is 41.2. The quantitative estimate of drug-likeness (QED) is 0.132. The molecule has 9 rings (SSSR count). The lowest BCUT2D eigenvalue weighted by Gasteiger charge is -2.57. The van der Waals surface area contributed by atoms with Gasteiger partial charge in [0.2, 0.25) is 0 Å². The highest BCUT2D eigenvalue weighted by Gasteiger charge is 2.51. The summed E-state index contributed by atoms with van der Waals surface area (Å²) >= 11 is 3.54. The highest BCUT2D eigenvalue weighted by atomic mass is 79.9. The lowest BCUT2D eigenvalue weighted by molar-refractivity contribution is -0.383. The van der Waals surface area contributed by atoms with Crippen molar-refractivity contribution in [3.8, 4) is 0 Å². The molecule has 8 heteroatoms. The van der Waals surface area contributed by atoms with Crippen molar-refractivity contribution in [3.63, 3.8) is 0 Å². The van der Waals surface area contributed by atoms with Crippen LogP contribution in [-0.2, 0) is 5.41 Å². The zero-order chi connectivity index (χ0) is 30.5. The molecule has 0 aromatic heterocycles. The SMILES string of the molecule is Cc1c(Br)ccc(Nc2c([N+](=O)[O-])cc3c4c(cccc24)C(=O)N(c2ccc(C45CC6CC(CC(C6)C4)C5)cc2)C3=O)c1C. The van der Waals surface area contributed by atoms with Gasteiger partial charge in [-0.1, -0.05) is 40.2 Å². The van der Waals surface area contributed by atoms with Crippen LogP contribution in [0, 0.1) is 41.7 Å². The molecule has 0 saturated heterocycles. The minimum absolute atomic E-state index is 0.154. The second-order valence-corrected chi connectivity index (χ2v) is 14.3. The Morgan fingerprint density at radius 1 is 0.864 bits per heavy atom. The predicted molar refractivity (Wildman–Crippen MR) is 175 cm³/mol. The molecule has 0 atom stereocenters. The van der Waals surface area contributed by atoms with E-state index in [1.54, 1.807) is 18.2 Å². The first kappa shape index (κ1) is 27.5. The van der Waals surface area contributed by atoms with Crippen LogP contribution in [0.5, 0.6) is 0 Å². The first-order chi connectivity index (χ1) is 21.1. The lowest BCUT2D eigenvalue weighted by Crippen LogP contribution is -2.48. The second-order valence-electron chi connectivity index (χ2n) is 13.5. The number of carbonyl (C=O) groups is 2. The topological polar surface area (TPSA) is 92.6 Å². The van der Waals surface area contributed by atoms with E-state index in [9.17, 15) is 19.7 Å². The van der Waals surface area contributed by atoms with Crippen LogP contribution in [0.4, 0.5) is 22.7 Å². The summed E-state index contributed by atoms with van der Waals surface area (Å²) in [7, 11) is 0. The van der Waals surface area contributed by atoms with Gasteiger partial charge in [0.15, 0.2) is 0 Å². The maximum atomic E-state index is 14.1. The van der Waals surface area contributed by atoms with Crippen molar-refractivity contribution >= 4 is 61.3 Å². The van der Waals surface area contributed by atoms with E-state index in [0.717, 1.165) is 33.4 Å². The number of nitro benzene ring substituents is 1. The Morgan fingerprint density at radius 2 is 1.50 bits per heavy atom. The van der Waals surface area contributed by atoms with Crippen molar-refractivity contribution in [3.05, 3.63) is 103 Å². The molecule has 44 heavy (non-hydrogen) atoms. The molecule has 5 aliphatic rings. The first-order valence-electron chi connectivity index (χ1n) is 15.4. The Morgan fingerprint density at radius 3 is 2.14 bits per heavy atom. The number of nitrogens with zero attached hydrogens (tertiary/aromatic N) is 2.